The number of carbonyl (C=O) groups is 1. The Morgan fingerprint density at radius 2 is 2.13 bits per heavy atom. The summed E-state index contributed by atoms with van der Waals surface area (Å²) in [7, 11) is 0. The molecule has 0 aliphatic heterocycles. The monoisotopic (exact) mass is 310 g/mol. The van der Waals surface area contributed by atoms with Crippen LogP contribution in [0.25, 0.3) is 11.5 Å². The van der Waals surface area contributed by atoms with E-state index < -0.39 is 0 Å². The topological polar surface area (TPSA) is 90.0 Å². The minimum atomic E-state index is -0.313. The summed E-state index contributed by atoms with van der Waals surface area (Å²) in [5.74, 6) is 0.399. The van der Waals surface area contributed by atoms with Crippen molar-refractivity contribution in [3.8, 4) is 11.5 Å². The second-order valence-corrected chi connectivity index (χ2v) is 4.83. The Kier molecular flexibility index (Phi) is 4.28. The molecule has 0 unspecified atom stereocenters. The zero-order valence-corrected chi connectivity index (χ0v) is 12.2. The van der Waals surface area contributed by atoms with Crippen LogP contribution in [0.5, 0.6) is 0 Å². The lowest BCUT2D eigenvalue weighted by Gasteiger charge is -2.06. The van der Waals surface area contributed by atoms with Crippen molar-refractivity contribution in [2.45, 2.75) is 13.1 Å². The molecule has 3 aromatic rings. The van der Waals surface area contributed by atoms with E-state index >= 15 is 0 Å². The van der Waals surface area contributed by atoms with Crippen molar-refractivity contribution in [2.75, 3.05) is 0 Å². The van der Waals surface area contributed by atoms with Crippen molar-refractivity contribution in [3.05, 3.63) is 71.0 Å². The van der Waals surface area contributed by atoms with Crippen molar-refractivity contribution in [1.29, 1.82) is 0 Å². The van der Waals surface area contributed by atoms with Gasteiger partial charge in [-0.05, 0) is 29.8 Å². The number of hydrogen-bond acceptors (Lipinski definition) is 5. The van der Waals surface area contributed by atoms with Gasteiger partial charge in [0.25, 0.3) is 5.56 Å². The summed E-state index contributed by atoms with van der Waals surface area (Å²) in [5.41, 5.74) is 1.26. The van der Waals surface area contributed by atoms with Gasteiger partial charge in [0, 0.05) is 25.0 Å². The van der Waals surface area contributed by atoms with Gasteiger partial charge in [-0.1, -0.05) is 6.07 Å². The summed E-state index contributed by atoms with van der Waals surface area (Å²) in [6, 6.07) is 10.2. The van der Waals surface area contributed by atoms with Crippen molar-refractivity contribution < 1.29 is 9.21 Å². The predicted octanol–water partition coefficient (Wildman–Crippen LogP) is 1.21. The van der Waals surface area contributed by atoms with Crippen molar-refractivity contribution in [1.82, 2.24) is 20.1 Å². The zero-order valence-electron chi connectivity index (χ0n) is 12.2. The van der Waals surface area contributed by atoms with Crippen LogP contribution in [0, 0.1) is 0 Å². The molecule has 0 spiro atoms. The summed E-state index contributed by atoms with van der Waals surface area (Å²) in [5, 5.41) is 6.56. The van der Waals surface area contributed by atoms with Gasteiger partial charge >= 0.3 is 0 Å². The van der Waals surface area contributed by atoms with E-state index in [9.17, 15) is 9.59 Å². The molecular weight excluding hydrogens is 296 g/mol. The fourth-order valence-electron chi connectivity index (χ4n) is 2.00. The molecule has 0 saturated carbocycles. The van der Waals surface area contributed by atoms with E-state index in [2.05, 4.69) is 15.4 Å². The van der Waals surface area contributed by atoms with E-state index in [-0.39, 0.29) is 18.0 Å². The molecule has 7 heteroatoms. The molecule has 3 heterocycles. The highest BCUT2D eigenvalue weighted by Gasteiger charge is 2.06. The van der Waals surface area contributed by atoms with Crippen molar-refractivity contribution >= 4 is 5.91 Å². The summed E-state index contributed by atoms with van der Waals surface area (Å²) in [4.78, 5) is 27.6. The highest BCUT2D eigenvalue weighted by molar-refractivity contribution is 5.75. The summed E-state index contributed by atoms with van der Waals surface area (Å²) in [6.45, 7) is 0.212. The molecule has 0 fully saturated rings. The van der Waals surface area contributed by atoms with E-state index in [1.165, 1.54) is 18.3 Å². The fourth-order valence-corrected chi connectivity index (χ4v) is 2.00. The molecule has 7 nitrogen and oxygen atoms in total. The first kappa shape index (κ1) is 14.7. The summed E-state index contributed by atoms with van der Waals surface area (Å²) < 4.78 is 6.37. The second kappa shape index (κ2) is 6.69. The number of furan rings is 1. The van der Waals surface area contributed by atoms with Gasteiger partial charge in [-0.2, -0.15) is 5.10 Å². The van der Waals surface area contributed by atoms with Crippen LogP contribution < -0.4 is 10.9 Å². The predicted molar refractivity (Wildman–Crippen MR) is 82.3 cm³/mol. The maximum atomic E-state index is 11.8. The normalized spacial score (nSPS) is 10.4. The smallest absolute Gasteiger partial charge is 0.267 e. The van der Waals surface area contributed by atoms with Crippen molar-refractivity contribution in [3.63, 3.8) is 0 Å². The Morgan fingerprint density at radius 3 is 2.83 bits per heavy atom. The average molecular weight is 310 g/mol. The standard InChI is InChI=1S/C16H14N4O3/c21-15(11-20-16(22)4-1-7-19-20)18-10-12-5-6-13(17-9-12)14-3-2-8-23-14/h1-9H,10-11H2,(H,18,21). The van der Waals surface area contributed by atoms with Crippen LogP contribution in [0.1, 0.15) is 5.56 Å². The minimum Gasteiger partial charge on any atom is -0.463 e. The molecule has 0 radical (unpaired) electrons. The molecule has 3 rings (SSSR count). The third-order valence-corrected chi connectivity index (χ3v) is 3.17. The van der Waals surface area contributed by atoms with E-state index in [1.54, 1.807) is 18.5 Å². The first-order valence-corrected chi connectivity index (χ1v) is 7.00. The average Bonchev–Trinajstić information content (AvgIpc) is 3.10. The first-order valence-electron chi connectivity index (χ1n) is 7.00. The fraction of sp³-hybridized carbons (Fsp3) is 0.125. The van der Waals surface area contributed by atoms with Crippen LogP contribution in [0.4, 0.5) is 0 Å². The van der Waals surface area contributed by atoms with Gasteiger partial charge in [-0.25, -0.2) is 4.68 Å². The number of carbonyl (C=O) groups excluding carboxylic acids is 1. The summed E-state index contributed by atoms with van der Waals surface area (Å²) in [6.07, 6.45) is 4.72. The van der Waals surface area contributed by atoms with Gasteiger partial charge in [0.2, 0.25) is 5.91 Å². The molecule has 1 N–H and O–H groups in total. The third-order valence-electron chi connectivity index (χ3n) is 3.17. The van der Waals surface area contributed by atoms with Gasteiger partial charge < -0.3 is 9.73 Å². The minimum absolute atomic E-state index is 0.114. The van der Waals surface area contributed by atoms with E-state index in [4.69, 9.17) is 4.42 Å². The van der Waals surface area contributed by atoms with Gasteiger partial charge in [-0.3, -0.25) is 14.6 Å². The number of amides is 1. The van der Waals surface area contributed by atoms with Crippen molar-refractivity contribution in [2.24, 2.45) is 0 Å². The lowest BCUT2D eigenvalue weighted by Crippen LogP contribution is -2.32. The Morgan fingerprint density at radius 1 is 1.22 bits per heavy atom. The Hall–Kier alpha value is -3.22. The van der Waals surface area contributed by atoms with E-state index in [0.717, 1.165) is 15.9 Å². The molecule has 0 aliphatic carbocycles. The van der Waals surface area contributed by atoms with Crippen LogP contribution in [0.2, 0.25) is 0 Å². The summed E-state index contributed by atoms with van der Waals surface area (Å²) >= 11 is 0. The molecule has 0 bridgehead atoms. The highest BCUT2D eigenvalue weighted by Crippen LogP contribution is 2.16. The second-order valence-electron chi connectivity index (χ2n) is 4.83. The van der Waals surface area contributed by atoms with Gasteiger partial charge in [-0.15, -0.1) is 0 Å². The molecule has 0 aromatic carbocycles. The Bertz CT molecular complexity index is 838. The van der Waals surface area contributed by atoms with Gasteiger partial charge in [0.05, 0.1) is 6.26 Å². The number of nitrogens with one attached hydrogen (secondary N) is 1. The zero-order chi connectivity index (χ0) is 16.1. The van der Waals surface area contributed by atoms with Gasteiger partial charge in [0.15, 0.2) is 5.76 Å². The van der Waals surface area contributed by atoms with Crippen LogP contribution in [0.15, 0.2) is 64.3 Å². The molecule has 116 valence electrons. The van der Waals surface area contributed by atoms with Gasteiger partial charge in [0.1, 0.15) is 12.2 Å². The largest absolute Gasteiger partial charge is 0.463 e. The molecule has 0 atom stereocenters. The van der Waals surface area contributed by atoms with Crippen LogP contribution in [-0.4, -0.2) is 20.7 Å². The quantitative estimate of drug-likeness (QED) is 0.765. The van der Waals surface area contributed by atoms with Crippen LogP contribution in [0.3, 0.4) is 0 Å². The number of pyridine rings is 1. The molecular formula is C16H14N4O3. The Labute approximate surface area is 131 Å². The number of rotatable bonds is 5. The molecule has 0 saturated heterocycles. The first-order chi connectivity index (χ1) is 11.2. The SMILES string of the molecule is O=C(Cn1ncccc1=O)NCc1ccc(-c2ccco2)nc1. The maximum Gasteiger partial charge on any atom is 0.267 e. The third kappa shape index (κ3) is 3.70. The molecule has 1 amide bonds. The van der Waals surface area contributed by atoms with Crippen LogP contribution in [-0.2, 0) is 17.9 Å². The number of nitrogens with zero attached hydrogens (tertiary/aromatic N) is 3. The highest BCUT2D eigenvalue weighted by atomic mass is 16.3. The maximum absolute atomic E-state index is 11.8. The molecule has 0 aliphatic rings. The lowest BCUT2D eigenvalue weighted by atomic mass is 10.2. The number of aromatic nitrogens is 3. The van der Waals surface area contributed by atoms with E-state index in [0.29, 0.717) is 12.3 Å². The Balaban J connectivity index is 1.57. The van der Waals surface area contributed by atoms with Crippen LogP contribution >= 0.6 is 0 Å². The molecule has 3 aromatic heterocycles. The lowest BCUT2D eigenvalue weighted by molar-refractivity contribution is -0.122. The molecule has 23 heavy (non-hydrogen) atoms. The van der Waals surface area contributed by atoms with E-state index in [1.807, 2.05) is 18.2 Å². The number of hydrogen-bond donors (Lipinski definition) is 1.